The summed E-state index contributed by atoms with van der Waals surface area (Å²) in [6.45, 7) is 11.6. The Bertz CT molecular complexity index is 905. The minimum atomic E-state index is -0.297. The maximum atomic E-state index is 12.8. The van der Waals surface area contributed by atoms with Crippen LogP contribution in [0.1, 0.15) is 53.7 Å². The smallest absolute Gasteiger partial charge is 0.189 e. The van der Waals surface area contributed by atoms with Crippen molar-refractivity contribution in [3.63, 3.8) is 0 Å². The molecule has 0 aromatic heterocycles. The normalized spacial score (nSPS) is 10.9. The minimum absolute atomic E-state index is 0.0589. The Kier molecular flexibility index (Phi) is 7.39. The molecule has 0 bridgehead atoms. The van der Waals surface area contributed by atoms with Crippen molar-refractivity contribution in [3.8, 4) is 11.5 Å². The van der Waals surface area contributed by atoms with Gasteiger partial charge in [0, 0.05) is 5.56 Å². The van der Waals surface area contributed by atoms with Gasteiger partial charge in [0.25, 0.3) is 0 Å². The molecule has 0 aliphatic rings. The highest BCUT2D eigenvalue weighted by molar-refractivity contribution is 6.09. The van der Waals surface area contributed by atoms with E-state index in [2.05, 4.69) is 13.2 Å². The van der Waals surface area contributed by atoms with E-state index in [-0.39, 0.29) is 22.8 Å². The first-order valence-electron chi connectivity index (χ1n) is 9.42. The molecule has 0 fully saturated rings. The van der Waals surface area contributed by atoms with Crippen LogP contribution in [-0.4, -0.2) is 16.0 Å². The molecule has 2 aromatic rings. The van der Waals surface area contributed by atoms with E-state index in [1.54, 1.807) is 12.1 Å². The number of hydrogen-bond acceptors (Lipinski definition) is 3. The SMILES string of the molecule is C=C(C)CCc1cc(C(=O)/C=C/c2ccccc2)c(O)c(CCC(=C)C)c1O. The van der Waals surface area contributed by atoms with Crippen LogP contribution in [0.5, 0.6) is 11.5 Å². The van der Waals surface area contributed by atoms with Crippen LogP contribution in [0.2, 0.25) is 0 Å². The molecule has 2 rings (SSSR count). The van der Waals surface area contributed by atoms with Crippen LogP contribution in [0.4, 0.5) is 0 Å². The van der Waals surface area contributed by atoms with Gasteiger partial charge < -0.3 is 10.2 Å². The average molecular weight is 376 g/mol. The fraction of sp³-hybridized carbons (Fsp3) is 0.240. The van der Waals surface area contributed by atoms with Crippen LogP contribution < -0.4 is 0 Å². The second-order valence-corrected chi connectivity index (χ2v) is 7.28. The molecule has 3 heteroatoms. The molecule has 0 heterocycles. The average Bonchev–Trinajstić information content (AvgIpc) is 2.66. The largest absolute Gasteiger partial charge is 0.507 e. The highest BCUT2D eigenvalue weighted by Crippen LogP contribution is 2.37. The lowest BCUT2D eigenvalue weighted by atomic mass is 9.93. The number of carbonyl (C=O) groups is 1. The summed E-state index contributed by atoms with van der Waals surface area (Å²) in [7, 11) is 0. The number of phenols is 2. The van der Waals surface area contributed by atoms with Crippen LogP contribution in [-0.2, 0) is 12.8 Å². The van der Waals surface area contributed by atoms with Gasteiger partial charge in [-0.05, 0) is 62.8 Å². The summed E-state index contributed by atoms with van der Waals surface area (Å²) in [5.74, 6) is -0.390. The predicted molar refractivity (Wildman–Crippen MR) is 116 cm³/mol. The fourth-order valence-corrected chi connectivity index (χ4v) is 2.91. The van der Waals surface area contributed by atoms with Gasteiger partial charge in [-0.1, -0.05) is 47.6 Å². The van der Waals surface area contributed by atoms with E-state index in [9.17, 15) is 15.0 Å². The molecular formula is C25H28O3. The number of rotatable bonds is 9. The molecule has 0 unspecified atom stereocenters. The molecule has 0 spiro atoms. The van der Waals surface area contributed by atoms with Crippen LogP contribution in [0.15, 0.2) is 66.8 Å². The summed E-state index contributed by atoms with van der Waals surface area (Å²) in [6.07, 6.45) is 5.48. The first-order chi connectivity index (χ1) is 13.3. The third kappa shape index (κ3) is 5.71. The van der Waals surface area contributed by atoms with Gasteiger partial charge in [0.2, 0.25) is 0 Å². The van der Waals surface area contributed by atoms with E-state index < -0.39 is 0 Å². The molecule has 0 radical (unpaired) electrons. The minimum Gasteiger partial charge on any atom is -0.507 e. The Hall–Kier alpha value is -3.07. The van der Waals surface area contributed by atoms with E-state index in [0.29, 0.717) is 36.8 Å². The Morgan fingerprint density at radius 3 is 2.18 bits per heavy atom. The third-order valence-corrected chi connectivity index (χ3v) is 4.56. The van der Waals surface area contributed by atoms with E-state index >= 15 is 0 Å². The van der Waals surface area contributed by atoms with Crippen molar-refractivity contribution in [2.45, 2.75) is 39.5 Å². The second-order valence-electron chi connectivity index (χ2n) is 7.28. The number of aromatic hydroxyl groups is 2. The van der Waals surface area contributed by atoms with Gasteiger partial charge in [-0.15, -0.1) is 13.2 Å². The summed E-state index contributed by atoms with van der Waals surface area (Å²) in [6, 6.07) is 11.1. The van der Waals surface area contributed by atoms with Gasteiger partial charge >= 0.3 is 0 Å². The number of phenolic OH excluding ortho intramolecular Hbond substituents is 2. The number of ketones is 1. The van der Waals surface area contributed by atoms with Crippen molar-refractivity contribution >= 4 is 11.9 Å². The Morgan fingerprint density at radius 2 is 1.57 bits per heavy atom. The van der Waals surface area contributed by atoms with E-state index in [0.717, 1.165) is 16.7 Å². The molecule has 0 amide bonds. The number of benzene rings is 2. The predicted octanol–water partition coefficient (Wildman–Crippen LogP) is 6.01. The maximum Gasteiger partial charge on any atom is 0.189 e. The van der Waals surface area contributed by atoms with Gasteiger partial charge in [0.15, 0.2) is 5.78 Å². The highest BCUT2D eigenvalue weighted by Gasteiger charge is 2.20. The Labute approximate surface area is 167 Å². The zero-order valence-electron chi connectivity index (χ0n) is 16.7. The van der Waals surface area contributed by atoms with Gasteiger partial charge in [0.1, 0.15) is 11.5 Å². The van der Waals surface area contributed by atoms with Crippen LogP contribution in [0.25, 0.3) is 6.08 Å². The zero-order valence-corrected chi connectivity index (χ0v) is 16.7. The Balaban J connectivity index is 2.42. The van der Waals surface area contributed by atoms with Gasteiger partial charge in [0.05, 0.1) is 5.56 Å². The summed E-state index contributed by atoms with van der Waals surface area (Å²) in [5.41, 5.74) is 4.10. The molecular weight excluding hydrogens is 348 g/mol. The molecule has 2 aromatic carbocycles. The number of allylic oxidation sites excluding steroid dienone is 3. The summed E-state index contributed by atoms with van der Waals surface area (Å²) in [4.78, 5) is 12.8. The molecule has 28 heavy (non-hydrogen) atoms. The van der Waals surface area contributed by atoms with Crippen molar-refractivity contribution in [2.24, 2.45) is 0 Å². The summed E-state index contributed by atoms with van der Waals surface area (Å²) in [5, 5.41) is 21.4. The van der Waals surface area contributed by atoms with Crippen molar-refractivity contribution in [1.82, 2.24) is 0 Å². The topological polar surface area (TPSA) is 57.5 Å². The van der Waals surface area contributed by atoms with Crippen LogP contribution in [0, 0.1) is 0 Å². The molecule has 0 saturated heterocycles. The lowest BCUT2D eigenvalue weighted by molar-refractivity contribution is 0.104. The van der Waals surface area contributed by atoms with E-state index in [1.165, 1.54) is 6.08 Å². The molecule has 0 aliphatic carbocycles. The molecule has 146 valence electrons. The molecule has 3 nitrogen and oxygen atoms in total. The molecule has 0 saturated carbocycles. The van der Waals surface area contributed by atoms with Crippen molar-refractivity contribution in [3.05, 3.63) is 89.0 Å². The lowest BCUT2D eigenvalue weighted by Gasteiger charge is -2.15. The van der Waals surface area contributed by atoms with Crippen molar-refractivity contribution in [2.75, 3.05) is 0 Å². The highest BCUT2D eigenvalue weighted by atomic mass is 16.3. The maximum absolute atomic E-state index is 12.8. The van der Waals surface area contributed by atoms with Gasteiger partial charge in [-0.3, -0.25) is 4.79 Å². The van der Waals surface area contributed by atoms with Crippen molar-refractivity contribution in [1.29, 1.82) is 0 Å². The quantitative estimate of drug-likeness (QED) is 0.320. The van der Waals surface area contributed by atoms with Crippen LogP contribution >= 0.6 is 0 Å². The second kappa shape index (κ2) is 9.75. The first kappa shape index (κ1) is 21.2. The summed E-state index contributed by atoms with van der Waals surface area (Å²) >= 11 is 0. The molecule has 0 atom stereocenters. The van der Waals surface area contributed by atoms with Gasteiger partial charge in [-0.2, -0.15) is 0 Å². The van der Waals surface area contributed by atoms with Crippen molar-refractivity contribution < 1.29 is 15.0 Å². The van der Waals surface area contributed by atoms with Crippen LogP contribution in [0.3, 0.4) is 0 Å². The third-order valence-electron chi connectivity index (χ3n) is 4.56. The van der Waals surface area contributed by atoms with E-state index in [1.807, 2.05) is 44.2 Å². The molecule has 0 aliphatic heterocycles. The van der Waals surface area contributed by atoms with Gasteiger partial charge in [-0.25, -0.2) is 0 Å². The zero-order chi connectivity index (χ0) is 20.7. The fourth-order valence-electron chi connectivity index (χ4n) is 2.91. The number of aryl methyl sites for hydroxylation is 1. The molecule has 2 N–H and O–H groups in total. The number of hydrogen-bond donors (Lipinski definition) is 2. The monoisotopic (exact) mass is 376 g/mol. The first-order valence-corrected chi connectivity index (χ1v) is 9.42. The standard InChI is InChI=1S/C25H28O3/c1-17(2)10-13-20-16-22(23(26)15-12-19-8-6-5-7-9-19)25(28)21(24(20)27)14-11-18(3)4/h5-9,12,15-16,27-28H,1,3,10-11,13-14H2,2,4H3/b15-12+. The summed E-state index contributed by atoms with van der Waals surface area (Å²) < 4.78 is 0. The van der Waals surface area contributed by atoms with E-state index in [4.69, 9.17) is 0 Å². The Morgan fingerprint density at radius 1 is 0.964 bits per heavy atom. The number of carbonyl (C=O) groups excluding carboxylic acids is 1. The lowest BCUT2D eigenvalue weighted by Crippen LogP contribution is -2.02.